The Labute approximate surface area is 71.3 Å². The Morgan fingerprint density at radius 2 is 2.08 bits per heavy atom. The van der Waals surface area contributed by atoms with Gasteiger partial charge in [0.2, 0.25) is 5.91 Å². The number of hydrogen-bond acceptors (Lipinski definition) is 3. The Kier molecular flexibility index (Phi) is 2.35. The van der Waals surface area contributed by atoms with Gasteiger partial charge < -0.3 is 10.1 Å². The lowest BCUT2D eigenvalue weighted by Crippen LogP contribution is -2.40. The first-order chi connectivity index (χ1) is 5.52. The summed E-state index contributed by atoms with van der Waals surface area (Å²) >= 11 is 0. The molecule has 1 aliphatic rings. The molecule has 1 amide bonds. The summed E-state index contributed by atoms with van der Waals surface area (Å²) in [6.07, 6.45) is -0.102. The molecule has 0 radical (unpaired) electrons. The fourth-order valence-electron chi connectivity index (χ4n) is 1.26. The highest BCUT2D eigenvalue weighted by Gasteiger charge is 2.39. The van der Waals surface area contributed by atoms with Gasteiger partial charge in [0.25, 0.3) is 0 Å². The van der Waals surface area contributed by atoms with E-state index in [1.165, 1.54) is 6.92 Å². The van der Waals surface area contributed by atoms with Gasteiger partial charge >= 0.3 is 5.97 Å². The van der Waals surface area contributed by atoms with Gasteiger partial charge in [-0.25, -0.2) is 4.79 Å². The van der Waals surface area contributed by atoms with Crippen molar-refractivity contribution >= 4 is 11.9 Å². The van der Waals surface area contributed by atoms with E-state index in [2.05, 4.69) is 5.32 Å². The molecule has 0 aliphatic carbocycles. The molecule has 1 saturated heterocycles. The molecule has 0 spiro atoms. The molecule has 12 heavy (non-hydrogen) atoms. The molecule has 3 unspecified atom stereocenters. The molecule has 1 N–H and O–H groups in total. The Bertz CT molecular complexity index is 214. The lowest BCUT2D eigenvalue weighted by Gasteiger charge is -2.12. The molecule has 1 rings (SSSR count). The quantitative estimate of drug-likeness (QED) is 0.568. The van der Waals surface area contributed by atoms with E-state index in [0.29, 0.717) is 0 Å². The van der Waals surface area contributed by atoms with Crippen LogP contribution in [0.3, 0.4) is 0 Å². The third kappa shape index (κ3) is 1.57. The van der Waals surface area contributed by atoms with E-state index in [1.807, 2.05) is 13.8 Å². The van der Waals surface area contributed by atoms with Crippen LogP contribution in [0, 0.1) is 5.92 Å². The molecular formula is C8H13NO3. The first kappa shape index (κ1) is 9.03. The second kappa shape index (κ2) is 3.13. The van der Waals surface area contributed by atoms with Gasteiger partial charge in [-0.3, -0.25) is 4.79 Å². The molecule has 68 valence electrons. The van der Waals surface area contributed by atoms with Gasteiger partial charge in [-0.05, 0) is 6.92 Å². The lowest BCUT2D eigenvalue weighted by molar-refractivity contribution is -0.143. The van der Waals surface area contributed by atoms with Crippen molar-refractivity contribution in [2.24, 2.45) is 5.92 Å². The number of esters is 1. The molecule has 0 aromatic carbocycles. The topological polar surface area (TPSA) is 55.4 Å². The average molecular weight is 171 g/mol. The molecule has 3 atom stereocenters. The summed E-state index contributed by atoms with van der Waals surface area (Å²) in [6, 6.07) is -0.461. The largest absolute Gasteiger partial charge is 0.461 e. The predicted molar refractivity (Wildman–Crippen MR) is 42.3 cm³/mol. The fraction of sp³-hybridized carbons (Fsp3) is 0.750. The highest BCUT2D eigenvalue weighted by Crippen LogP contribution is 2.21. The van der Waals surface area contributed by atoms with Crippen LogP contribution in [0.15, 0.2) is 0 Å². The highest BCUT2D eigenvalue weighted by atomic mass is 16.6. The van der Waals surface area contributed by atoms with Crippen LogP contribution in [0.2, 0.25) is 0 Å². The van der Waals surface area contributed by atoms with Crippen molar-refractivity contribution in [1.29, 1.82) is 0 Å². The Morgan fingerprint density at radius 1 is 1.50 bits per heavy atom. The number of amides is 1. The normalized spacial score (nSPS) is 34.6. The first-order valence-electron chi connectivity index (χ1n) is 4.00. The summed E-state index contributed by atoms with van der Waals surface area (Å²) < 4.78 is 4.93. The molecule has 4 heteroatoms. The van der Waals surface area contributed by atoms with Crippen molar-refractivity contribution < 1.29 is 14.3 Å². The van der Waals surface area contributed by atoms with Gasteiger partial charge in [-0.1, -0.05) is 6.92 Å². The standard InChI is InChI=1S/C8H13NO3/c1-4-5(2)12-8(11)7(4)9-6(3)10/h4-5,7H,1-3H3,(H,9,10). The van der Waals surface area contributed by atoms with Crippen LogP contribution in [-0.4, -0.2) is 24.0 Å². The van der Waals surface area contributed by atoms with Crippen LogP contribution in [0.4, 0.5) is 0 Å². The Morgan fingerprint density at radius 3 is 2.42 bits per heavy atom. The zero-order valence-electron chi connectivity index (χ0n) is 7.46. The number of ether oxygens (including phenoxy) is 1. The molecule has 0 saturated carbocycles. The number of carbonyl (C=O) groups is 2. The monoisotopic (exact) mass is 171 g/mol. The second-order valence-electron chi connectivity index (χ2n) is 3.18. The van der Waals surface area contributed by atoms with Crippen molar-refractivity contribution in [1.82, 2.24) is 5.32 Å². The van der Waals surface area contributed by atoms with Crippen molar-refractivity contribution in [3.8, 4) is 0 Å². The lowest BCUT2D eigenvalue weighted by atomic mass is 10.0. The van der Waals surface area contributed by atoms with Crippen LogP contribution >= 0.6 is 0 Å². The van der Waals surface area contributed by atoms with Gasteiger partial charge in [0.15, 0.2) is 0 Å². The van der Waals surface area contributed by atoms with Crippen LogP contribution in [0.25, 0.3) is 0 Å². The van der Waals surface area contributed by atoms with Crippen molar-refractivity contribution in [3.05, 3.63) is 0 Å². The summed E-state index contributed by atoms with van der Waals surface area (Å²) in [7, 11) is 0. The molecular weight excluding hydrogens is 158 g/mol. The zero-order chi connectivity index (χ0) is 9.30. The minimum absolute atomic E-state index is 0.0569. The summed E-state index contributed by atoms with van der Waals surface area (Å²) in [6.45, 7) is 5.10. The number of nitrogens with one attached hydrogen (secondary N) is 1. The third-order valence-corrected chi connectivity index (χ3v) is 2.18. The van der Waals surface area contributed by atoms with E-state index in [9.17, 15) is 9.59 Å². The summed E-state index contributed by atoms with van der Waals surface area (Å²) in [5.41, 5.74) is 0. The van der Waals surface area contributed by atoms with Gasteiger partial charge in [0.05, 0.1) is 0 Å². The molecule has 1 aliphatic heterocycles. The van der Waals surface area contributed by atoms with E-state index < -0.39 is 6.04 Å². The van der Waals surface area contributed by atoms with E-state index in [1.54, 1.807) is 0 Å². The molecule has 4 nitrogen and oxygen atoms in total. The Hall–Kier alpha value is -1.06. The molecule has 0 aromatic heterocycles. The minimum atomic E-state index is -0.461. The number of cyclic esters (lactones) is 1. The zero-order valence-corrected chi connectivity index (χ0v) is 7.46. The maximum Gasteiger partial charge on any atom is 0.329 e. The molecule has 0 aromatic rings. The Balaban J connectivity index is 2.63. The highest BCUT2D eigenvalue weighted by molar-refractivity contribution is 5.84. The van der Waals surface area contributed by atoms with E-state index in [0.717, 1.165) is 0 Å². The predicted octanol–water partition coefficient (Wildman–Crippen LogP) is 0.0725. The van der Waals surface area contributed by atoms with E-state index in [4.69, 9.17) is 4.74 Å². The van der Waals surface area contributed by atoms with Crippen LogP contribution in [0.5, 0.6) is 0 Å². The van der Waals surface area contributed by atoms with Crippen molar-refractivity contribution in [2.75, 3.05) is 0 Å². The maximum atomic E-state index is 11.1. The summed E-state index contributed by atoms with van der Waals surface area (Å²) in [5, 5.41) is 2.56. The van der Waals surface area contributed by atoms with Gasteiger partial charge in [-0.15, -0.1) is 0 Å². The molecule has 1 heterocycles. The number of rotatable bonds is 1. The van der Waals surface area contributed by atoms with Crippen molar-refractivity contribution in [2.45, 2.75) is 32.9 Å². The summed E-state index contributed by atoms with van der Waals surface area (Å²) in [4.78, 5) is 21.8. The third-order valence-electron chi connectivity index (χ3n) is 2.18. The first-order valence-corrected chi connectivity index (χ1v) is 4.00. The van der Waals surface area contributed by atoms with E-state index >= 15 is 0 Å². The van der Waals surface area contributed by atoms with Crippen LogP contribution in [0.1, 0.15) is 20.8 Å². The summed E-state index contributed by atoms with van der Waals surface area (Å²) in [5.74, 6) is -0.468. The number of hydrogen-bond donors (Lipinski definition) is 1. The smallest absolute Gasteiger partial charge is 0.329 e. The van der Waals surface area contributed by atoms with Crippen LogP contribution < -0.4 is 5.32 Å². The maximum absolute atomic E-state index is 11.1. The van der Waals surface area contributed by atoms with Gasteiger partial charge in [-0.2, -0.15) is 0 Å². The minimum Gasteiger partial charge on any atom is -0.461 e. The SMILES string of the molecule is CC(=O)NC1C(=O)OC(C)C1C. The fourth-order valence-corrected chi connectivity index (χ4v) is 1.26. The van der Waals surface area contributed by atoms with Gasteiger partial charge in [0.1, 0.15) is 12.1 Å². The van der Waals surface area contributed by atoms with Crippen molar-refractivity contribution in [3.63, 3.8) is 0 Å². The van der Waals surface area contributed by atoms with E-state index in [-0.39, 0.29) is 23.9 Å². The number of carbonyl (C=O) groups excluding carboxylic acids is 2. The van der Waals surface area contributed by atoms with Crippen LogP contribution in [-0.2, 0) is 14.3 Å². The molecule has 1 fully saturated rings. The average Bonchev–Trinajstić information content (AvgIpc) is 2.16. The van der Waals surface area contributed by atoms with Gasteiger partial charge in [0, 0.05) is 12.8 Å². The molecule has 0 bridgehead atoms. The second-order valence-corrected chi connectivity index (χ2v) is 3.18.